The second kappa shape index (κ2) is 11.4. The van der Waals surface area contributed by atoms with E-state index in [0.29, 0.717) is 55.2 Å². The number of anilines is 1. The summed E-state index contributed by atoms with van der Waals surface area (Å²) in [5, 5.41) is 19.8. The minimum absolute atomic E-state index is 0.00268. The Bertz CT molecular complexity index is 1430. The van der Waals surface area contributed by atoms with Gasteiger partial charge in [0.05, 0.1) is 26.5 Å². The molecule has 2 saturated carbocycles. The molecule has 10 nitrogen and oxygen atoms in total. The summed E-state index contributed by atoms with van der Waals surface area (Å²) in [6.07, 6.45) is 2.28. The van der Waals surface area contributed by atoms with Gasteiger partial charge in [-0.15, -0.1) is 0 Å². The van der Waals surface area contributed by atoms with Crippen LogP contribution in [0, 0.1) is 0 Å². The minimum atomic E-state index is -3.36. The fourth-order valence-electron chi connectivity index (χ4n) is 4.21. The van der Waals surface area contributed by atoms with Gasteiger partial charge in [-0.25, -0.2) is 13.4 Å². The number of nitrogens with one attached hydrogen (secondary N) is 2. The number of hydrogen-bond donors (Lipinski definition) is 3. The van der Waals surface area contributed by atoms with Crippen molar-refractivity contribution in [3.8, 4) is 5.75 Å². The van der Waals surface area contributed by atoms with E-state index in [1.54, 1.807) is 12.1 Å². The van der Waals surface area contributed by atoms with E-state index < -0.39 is 21.8 Å². The first-order valence-electron chi connectivity index (χ1n) is 12.6. The molecule has 0 radical (unpaired) electrons. The topological polar surface area (TPSA) is 139 Å². The highest BCUT2D eigenvalue weighted by Gasteiger charge is 2.37. The van der Waals surface area contributed by atoms with Gasteiger partial charge in [-0.2, -0.15) is 0 Å². The van der Waals surface area contributed by atoms with E-state index in [1.165, 1.54) is 23.5 Å². The van der Waals surface area contributed by atoms with Gasteiger partial charge in [0.25, 0.3) is 5.91 Å². The lowest BCUT2D eigenvalue weighted by atomic mass is 10.1. The molecule has 0 unspecified atom stereocenters. The van der Waals surface area contributed by atoms with Gasteiger partial charge in [0.15, 0.2) is 20.7 Å². The zero-order valence-electron chi connectivity index (χ0n) is 20.9. The number of fused-ring (bicyclic) bond motifs is 1. The average molecular weight is 559 g/mol. The van der Waals surface area contributed by atoms with Gasteiger partial charge in [0.1, 0.15) is 18.5 Å². The number of carbonyl (C=O) groups is 1. The molecule has 1 heterocycles. The molecular formula is C26H30N4O6S2. The lowest BCUT2D eigenvalue weighted by Gasteiger charge is -2.11. The molecule has 2 fully saturated rings. The zero-order valence-corrected chi connectivity index (χ0v) is 22.6. The van der Waals surface area contributed by atoms with Crippen LogP contribution in [0.2, 0.25) is 0 Å². The molecule has 202 valence electrons. The predicted octanol–water partition coefficient (Wildman–Crippen LogP) is 3.10. The third-order valence-corrected chi connectivity index (χ3v) is 9.70. The molecule has 0 saturated heterocycles. The molecule has 12 heteroatoms. The fraction of sp³-hybridized carbons (Fsp3) is 0.423. The van der Waals surface area contributed by atoms with Crippen molar-refractivity contribution in [3.05, 3.63) is 48.0 Å². The van der Waals surface area contributed by atoms with Crippen molar-refractivity contribution in [2.75, 3.05) is 25.5 Å². The van der Waals surface area contributed by atoms with Gasteiger partial charge in [0, 0.05) is 18.5 Å². The largest absolute Gasteiger partial charge is 0.492 e. The van der Waals surface area contributed by atoms with E-state index in [4.69, 9.17) is 9.57 Å². The number of hydrogen-bond acceptors (Lipinski definition) is 10. The Labute approximate surface area is 225 Å². The number of aliphatic hydroxyl groups is 1. The van der Waals surface area contributed by atoms with E-state index in [0.717, 1.165) is 16.8 Å². The van der Waals surface area contributed by atoms with Crippen LogP contribution in [0.5, 0.6) is 5.75 Å². The Morgan fingerprint density at radius 2 is 1.95 bits per heavy atom. The standard InChI is InChI=1S/C26H30N4O6S2/c1-27-12-13-35-18-6-11-22-23(15-18)37-26(28-22)29-25(32)24(30-36-19-5-4-17(31)14-19)16-2-7-20(8-3-16)38(33,34)21-9-10-21/h2-3,6-8,11,15,17,19,21,27,31H,4-5,9-10,12-14H2,1H3,(H,28,29,32)/b30-24+/t17-,19-/m1/s1. The Hall–Kier alpha value is -3.06. The van der Waals surface area contributed by atoms with Crippen molar-refractivity contribution in [1.29, 1.82) is 0 Å². The summed E-state index contributed by atoms with van der Waals surface area (Å²) in [5.41, 5.74) is 1.13. The third kappa shape index (κ3) is 6.15. The predicted molar refractivity (Wildman–Crippen MR) is 146 cm³/mol. The first-order chi connectivity index (χ1) is 18.3. The normalized spacial score (nSPS) is 20.0. The minimum Gasteiger partial charge on any atom is -0.492 e. The molecule has 38 heavy (non-hydrogen) atoms. The maximum Gasteiger partial charge on any atom is 0.280 e. The van der Waals surface area contributed by atoms with Crippen LogP contribution in [0.4, 0.5) is 5.13 Å². The van der Waals surface area contributed by atoms with Crippen molar-refractivity contribution in [2.45, 2.75) is 54.5 Å². The van der Waals surface area contributed by atoms with Crippen molar-refractivity contribution in [3.63, 3.8) is 0 Å². The summed E-state index contributed by atoms with van der Waals surface area (Å²) >= 11 is 1.30. The van der Waals surface area contributed by atoms with Crippen molar-refractivity contribution < 1.29 is 27.9 Å². The first kappa shape index (κ1) is 26.5. The molecule has 2 aliphatic carbocycles. The first-order valence-corrected chi connectivity index (χ1v) is 15.0. The molecule has 2 aliphatic rings. The van der Waals surface area contributed by atoms with E-state index in [2.05, 4.69) is 20.8 Å². The molecule has 0 bridgehead atoms. The van der Waals surface area contributed by atoms with Crippen molar-refractivity contribution in [2.24, 2.45) is 5.16 Å². The second-order valence-corrected chi connectivity index (χ2v) is 12.7. The van der Waals surface area contributed by atoms with Crippen LogP contribution >= 0.6 is 11.3 Å². The van der Waals surface area contributed by atoms with Crippen LogP contribution in [0.25, 0.3) is 10.2 Å². The second-order valence-electron chi connectivity index (χ2n) is 9.46. The molecule has 0 aliphatic heterocycles. The highest BCUT2D eigenvalue weighted by atomic mass is 32.2. The molecule has 1 aromatic heterocycles. The fourth-order valence-corrected chi connectivity index (χ4v) is 6.76. The third-order valence-electron chi connectivity index (χ3n) is 6.49. The maximum absolute atomic E-state index is 13.3. The number of carbonyl (C=O) groups excluding carboxylic acids is 1. The SMILES string of the molecule is CNCCOc1ccc2nc(NC(=O)/C(=N/O[C@@H]3CC[C@@H](O)C3)c3ccc(S(=O)(=O)C4CC4)cc3)sc2c1. The number of nitrogens with zero attached hydrogens (tertiary/aromatic N) is 2. The quantitative estimate of drug-likeness (QED) is 0.185. The average Bonchev–Trinajstić information content (AvgIpc) is 3.58. The van der Waals surface area contributed by atoms with Gasteiger partial charge in [-0.05, 0) is 63.1 Å². The smallest absolute Gasteiger partial charge is 0.280 e. The van der Waals surface area contributed by atoms with Crippen LogP contribution in [-0.2, 0) is 19.5 Å². The number of aliphatic hydroxyl groups excluding tert-OH is 1. The number of likely N-dealkylation sites (N-methyl/N-ethyl adjacent to an activating group) is 1. The van der Waals surface area contributed by atoms with Crippen LogP contribution in [0.15, 0.2) is 52.5 Å². The number of oxime groups is 1. The number of thiazole rings is 1. The number of aromatic nitrogens is 1. The molecular weight excluding hydrogens is 528 g/mol. The van der Waals surface area contributed by atoms with Crippen LogP contribution in [0.1, 0.15) is 37.7 Å². The van der Waals surface area contributed by atoms with Crippen molar-refractivity contribution >= 4 is 48.1 Å². The van der Waals surface area contributed by atoms with E-state index in [9.17, 15) is 18.3 Å². The Balaban J connectivity index is 1.36. The molecule has 2 atom stereocenters. The van der Waals surface area contributed by atoms with Gasteiger partial charge in [0.2, 0.25) is 0 Å². The maximum atomic E-state index is 13.3. The number of amides is 1. The summed E-state index contributed by atoms with van der Waals surface area (Å²) in [6, 6.07) is 11.7. The highest BCUT2D eigenvalue weighted by molar-refractivity contribution is 7.92. The Morgan fingerprint density at radius 3 is 2.63 bits per heavy atom. The lowest BCUT2D eigenvalue weighted by molar-refractivity contribution is -0.110. The number of rotatable bonds is 11. The van der Waals surface area contributed by atoms with Crippen LogP contribution in [-0.4, -0.2) is 67.8 Å². The summed E-state index contributed by atoms with van der Waals surface area (Å²) in [5.74, 6) is 0.177. The van der Waals surface area contributed by atoms with Crippen LogP contribution in [0.3, 0.4) is 0 Å². The number of benzene rings is 2. The molecule has 2 aromatic carbocycles. The highest BCUT2D eigenvalue weighted by Crippen LogP contribution is 2.34. The molecule has 3 N–H and O–H groups in total. The Kier molecular flexibility index (Phi) is 7.93. The van der Waals surface area contributed by atoms with Crippen molar-refractivity contribution in [1.82, 2.24) is 10.3 Å². The monoisotopic (exact) mass is 558 g/mol. The van der Waals surface area contributed by atoms with Gasteiger partial charge in [-0.1, -0.05) is 28.6 Å². The summed E-state index contributed by atoms with van der Waals surface area (Å²) in [6.45, 7) is 1.25. The molecule has 5 rings (SSSR count). The summed E-state index contributed by atoms with van der Waals surface area (Å²) in [4.78, 5) is 23.7. The molecule has 0 spiro atoms. The Morgan fingerprint density at radius 1 is 1.16 bits per heavy atom. The molecule has 3 aromatic rings. The number of ether oxygens (including phenoxy) is 1. The van der Waals surface area contributed by atoms with Gasteiger partial charge in [-0.3, -0.25) is 10.1 Å². The van der Waals surface area contributed by atoms with Gasteiger partial charge < -0.3 is 20.0 Å². The molecule has 1 amide bonds. The summed E-state index contributed by atoms with van der Waals surface area (Å²) in [7, 11) is -1.50. The zero-order chi connectivity index (χ0) is 26.7. The van der Waals surface area contributed by atoms with E-state index >= 15 is 0 Å². The van der Waals surface area contributed by atoms with E-state index in [-0.39, 0.29) is 22.0 Å². The summed E-state index contributed by atoms with van der Waals surface area (Å²) < 4.78 is 31.7. The van der Waals surface area contributed by atoms with Crippen LogP contribution < -0.4 is 15.4 Å². The number of sulfone groups is 1. The van der Waals surface area contributed by atoms with Gasteiger partial charge >= 0.3 is 0 Å². The lowest BCUT2D eigenvalue weighted by Crippen LogP contribution is -2.25. The van der Waals surface area contributed by atoms with E-state index in [1.807, 2.05) is 25.2 Å².